The van der Waals surface area contributed by atoms with Gasteiger partial charge in [0.25, 0.3) is 0 Å². The van der Waals surface area contributed by atoms with E-state index < -0.39 is 0 Å². The van der Waals surface area contributed by atoms with Gasteiger partial charge in [-0.05, 0) is 50.3 Å². The Morgan fingerprint density at radius 3 is 2.65 bits per heavy atom. The average Bonchev–Trinajstić information content (AvgIpc) is 2.74. The Morgan fingerprint density at radius 2 is 1.90 bits per heavy atom. The van der Waals surface area contributed by atoms with Gasteiger partial charge in [0.15, 0.2) is 7.98 Å². The Hall–Kier alpha value is -0.955. The zero-order chi connectivity index (χ0) is 14.5. The SMILES string of the molecule is BN1CCC(C)(C)C2Nc3ccccc3C2CC1(C)C. The van der Waals surface area contributed by atoms with Crippen LogP contribution in [-0.2, 0) is 0 Å². The van der Waals surface area contributed by atoms with Gasteiger partial charge in [0.05, 0.1) is 0 Å². The molecule has 2 aliphatic rings. The summed E-state index contributed by atoms with van der Waals surface area (Å²) in [5.74, 6) is 0.624. The fraction of sp³-hybridized carbons (Fsp3) is 0.647. The van der Waals surface area contributed by atoms with Gasteiger partial charge in [-0.1, -0.05) is 32.0 Å². The maximum Gasteiger partial charge on any atom is 0.186 e. The zero-order valence-corrected chi connectivity index (χ0v) is 13.5. The lowest BCUT2D eigenvalue weighted by Gasteiger charge is -2.47. The highest BCUT2D eigenvalue weighted by atomic mass is 15.1. The van der Waals surface area contributed by atoms with Gasteiger partial charge < -0.3 is 10.1 Å². The van der Waals surface area contributed by atoms with E-state index in [0.29, 0.717) is 17.4 Å². The predicted octanol–water partition coefficient (Wildman–Crippen LogP) is 3.01. The van der Waals surface area contributed by atoms with Crippen LogP contribution in [0.1, 0.15) is 52.0 Å². The molecule has 0 radical (unpaired) electrons. The molecule has 0 amide bonds. The molecule has 2 nitrogen and oxygen atoms in total. The zero-order valence-electron chi connectivity index (χ0n) is 13.5. The summed E-state index contributed by atoms with van der Waals surface area (Å²) in [5.41, 5.74) is 3.47. The van der Waals surface area contributed by atoms with Gasteiger partial charge >= 0.3 is 0 Å². The quantitative estimate of drug-likeness (QED) is 0.729. The highest BCUT2D eigenvalue weighted by Gasteiger charge is 2.45. The molecule has 2 unspecified atom stereocenters. The van der Waals surface area contributed by atoms with E-state index in [9.17, 15) is 0 Å². The van der Waals surface area contributed by atoms with E-state index in [0.717, 1.165) is 0 Å². The van der Waals surface area contributed by atoms with Gasteiger partial charge in [0.2, 0.25) is 0 Å². The summed E-state index contributed by atoms with van der Waals surface area (Å²) in [6.45, 7) is 10.8. The first-order valence-corrected chi connectivity index (χ1v) is 7.88. The van der Waals surface area contributed by atoms with E-state index in [1.165, 1.54) is 30.6 Å². The van der Waals surface area contributed by atoms with Crippen molar-refractivity contribution >= 4 is 13.7 Å². The van der Waals surface area contributed by atoms with Crippen molar-refractivity contribution in [3.8, 4) is 0 Å². The molecule has 3 rings (SSSR count). The number of hydrogen-bond acceptors (Lipinski definition) is 2. The molecule has 0 spiro atoms. The van der Waals surface area contributed by atoms with E-state index >= 15 is 0 Å². The number of anilines is 1. The minimum Gasteiger partial charge on any atom is -0.381 e. The molecule has 1 aromatic rings. The van der Waals surface area contributed by atoms with Crippen molar-refractivity contribution in [3.63, 3.8) is 0 Å². The Balaban J connectivity index is 2.03. The van der Waals surface area contributed by atoms with Crippen LogP contribution < -0.4 is 5.32 Å². The van der Waals surface area contributed by atoms with E-state index in [4.69, 9.17) is 0 Å². The molecule has 2 heterocycles. The average molecular weight is 270 g/mol. The lowest BCUT2D eigenvalue weighted by molar-refractivity contribution is 0.122. The summed E-state index contributed by atoms with van der Waals surface area (Å²) in [6, 6.07) is 9.46. The van der Waals surface area contributed by atoms with E-state index in [2.05, 4.69) is 70.1 Å². The summed E-state index contributed by atoms with van der Waals surface area (Å²) in [4.78, 5) is 2.55. The fourth-order valence-electron chi connectivity index (χ4n) is 3.98. The fourth-order valence-corrected chi connectivity index (χ4v) is 3.98. The molecule has 1 N–H and O–H groups in total. The second kappa shape index (κ2) is 4.52. The Labute approximate surface area is 124 Å². The molecular weight excluding hydrogens is 243 g/mol. The Morgan fingerprint density at radius 1 is 1.20 bits per heavy atom. The third-order valence-corrected chi connectivity index (χ3v) is 5.76. The van der Waals surface area contributed by atoms with Crippen LogP contribution in [0.15, 0.2) is 24.3 Å². The third kappa shape index (κ3) is 2.16. The van der Waals surface area contributed by atoms with Crippen LogP contribution in [0, 0.1) is 5.41 Å². The van der Waals surface area contributed by atoms with Crippen LogP contribution in [0.25, 0.3) is 0 Å². The molecule has 2 aliphatic heterocycles. The third-order valence-electron chi connectivity index (χ3n) is 5.76. The highest BCUT2D eigenvalue weighted by Crippen LogP contribution is 2.49. The van der Waals surface area contributed by atoms with Crippen molar-refractivity contribution in [2.75, 3.05) is 11.9 Å². The van der Waals surface area contributed by atoms with Crippen molar-refractivity contribution in [1.82, 2.24) is 4.81 Å². The molecule has 0 saturated carbocycles. The van der Waals surface area contributed by atoms with Crippen molar-refractivity contribution < 1.29 is 0 Å². The first-order chi connectivity index (χ1) is 9.31. The molecule has 1 fully saturated rings. The monoisotopic (exact) mass is 270 g/mol. The molecular formula is C17H27BN2. The highest BCUT2D eigenvalue weighted by molar-refractivity contribution is 6.04. The second-order valence-electron chi connectivity index (χ2n) is 7.99. The number of hydrogen-bond donors (Lipinski definition) is 1. The minimum absolute atomic E-state index is 0.262. The molecule has 0 bridgehead atoms. The number of rotatable bonds is 0. The van der Waals surface area contributed by atoms with Gasteiger partial charge in [0, 0.05) is 23.2 Å². The summed E-state index contributed by atoms with van der Waals surface area (Å²) in [5, 5.41) is 3.83. The number of para-hydroxylation sites is 1. The van der Waals surface area contributed by atoms with Gasteiger partial charge in [0.1, 0.15) is 0 Å². The van der Waals surface area contributed by atoms with Crippen molar-refractivity contribution in [2.45, 2.75) is 58.0 Å². The van der Waals surface area contributed by atoms with Crippen molar-refractivity contribution in [1.29, 1.82) is 0 Å². The van der Waals surface area contributed by atoms with Gasteiger partial charge in [-0.3, -0.25) is 0 Å². The first kappa shape index (κ1) is 14.0. The van der Waals surface area contributed by atoms with E-state index in [-0.39, 0.29) is 5.54 Å². The standard InChI is InChI=1S/C17H27BN2/c1-16(2)9-10-20(18)17(3,4)11-13-12-7-5-6-8-14(12)19-15(13)16/h5-8,13,15,19H,9-11,18H2,1-4H3. The molecule has 20 heavy (non-hydrogen) atoms. The summed E-state index contributed by atoms with van der Waals surface area (Å²) in [7, 11) is 2.28. The molecule has 1 saturated heterocycles. The number of nitrogens with zero attached hydrogens (tertiary/aromatic N) is 1. The van der Waals surface area contributed by atoms with Crippen LogP contribution in [-0.4, -0.2) is 30.9 Å². The van der Waals surface area contributed by atoms with Gasteiger partial charge in [-0.2, -0.15) is 0 Å². The van der Waals surface area contributed by atoms with Crippen LogP contribution in [0.3, 0.4) is 0 Å². The largest absolute Gasteiger partial charge is 0.381 e. The molecule has 108 valence electrons. The van der Waals surface area contributed by atoms with Crippen LogP contribution >= 0.6 is 0 Å². The van der Waals surface area contributed by atoms with Crippen molar-refractivity contribution in [3.05, 3.63) is 29.8 Å². The lowest BCUT2D eigenvalue weighted by Crippen LogP contribution is -2.51. The summed E-state index contributed by atoms with van der Waals surface area (Å²) < 4.78 is 0. The Kier molecular flexibility index (Phi) is 3.17. The number of benzene rings is 1. The molecule has 3 heteroatoms. The van der Waals surface area contributed by atoms with Crippen LogP contribution in [0.4, 0.5) is 5.69 Å². The Bertz CT molecular complexity index is 509. The van der Waals surface area contributed by atoms with Crippen LogP contribution in [0.5, 0.6) is 0 Å². The smallest absolute Gasteiger partial charge is 0.186 e. The summed E-state index contributed by atoms with van der Waals surface area (Å²) >= 11 is 0. The van der Waals surface area contributed by atoms with Gasteiger partial charge in [-0.25, -0.2) is 0 Å². The maximum absolute atomic E-state index is 3.83. The normalized spacial score (nSPS) is 31.6. The van der Waals surface area contributed by atoms with Gasteiger partial charge in [-0.15, -0.1) is 0 Å². The minimum atomic E-state index is 0.262. The molecule has 0 aliphatic carbocycles. The second-order valence-corrected chi connectivity index (χ2v) is 7.99. The van der Waals surface area contributed by atoms with E-state index in [1.807, 2.05) is 0 Å². The molecule has 0 aromatic heterocycles. The summed E-state index contributed by atoms with van der Waals surface area (Å²) in [6.07, 6.45) is 2.47. The maximum atomic E-state index is 3.83. The van der Waals surface area contributed by atoms with Crippen molar-refractivity contribution in [2.24, 2.45) is 5.41 Å². The topological polar surface area (TPSA) is 15.3 Å². The number of fused-ring (bicyclic) bond motifs is 3. The van der Waals surface area contributed by atoms with Crippen LogP contribution in [0.2, 0.25) is 0 Å². The lowest BCUT2D eigenvalue weighted by atomic mass is 9.69. The molecule has 2 atom stereocenters. The predicted molar refractivity (Wildman–Crippen MR) is 88.9 cm³/mol. The molecule has 1 aromatic carbocycles. The van der Waals surface area contributed by atoms with E-state index in [1.54, 1.807) is 0 Å². The first-order valence-electron chi connectivity index (χ1n) is 7.88. The number of nitrogens with one attached hydrogen (secondary N) is 1.